The van der Waals surface area contributed by atoms with Crippen LogP contribution in [0.1, 0.15) is 30.9 Å². The molecule has 1 aromatic rings. The molecule has 1 nitrogen and oxygen atoms in total. The molecule has 0 atom stereocenters. The lowest BCUT2D eigenvalue weighted by atomic mass is 10.0. The predicted molar refractivity (Wildman–Crippen MR) is 60.4 cm³/mol. The van der Waals surface area contributed by atoms with E-state index in [1.54, 1.807) is 6.08 Å². The maximum absolute atomic E-state index is 10.5. The quantitative estimate of drug-likeness (QED) is 0.548. The Kier molecular flexibility index (Phi) is 3.90. The molecule has 74 valence electrons. The molecule has 0 aliphatic heterocycles. The van der Waals surface area contributed by atoms with Crippen LogP contribution in [-0.4, -0.2) is 5.24 Å². The monoisotopic (exact) mass is 208 g/mol. The Labute approximate surface area is 89.4 Å². The summed E-state index contributed by atoms with van der Waals surface area (Å²) in [5.74, 6) is 0.530. The summed E-state index contributed by atoms with van der Waals surface area (Å²) in [5.41, 5.74) is 2.28. The van der Waals surface area contributed by atoms with Gasteiger partial charge in [0, 0.05) is 0 Å². The van der Waals surface area contributed by atoms with Crippen molar-refractivity contribution in [2.75, 3.05) is 0 Å². The predicted octanol–water partition coefficient (Wildman–Crippen LogP) is 3.59. The van der Waals surface area contributed by atoms with Gasteiger partial charge in [0.05, 0.1) is 0 Å². The first-order valence-corrected chi connectivity index (χ1v) is 4.95. The number of hydrogen-bond acceptors (Lipinski definition) is 1. The molecule has 14 heavy (non-hydrogen) atoms. The second-order valence-electron chi connectivity index (χ2n) is 3.46. The van der Waals surface area contributed by atoms with Crippen LogP contribution in [0.3, 0.4) is 0 Å². The first kappa shape index (κ1) is 11.0. The van der Waals surface area contributed by atoms with Crippen LogP contribution in [0.15, 0.2) is 30.3 Å². The fraction of sp³-hybridized carbons (Fsp3) is 0.250. The molecule has 0 unspecified atom stereocenters. The van der Waals surface area contributed by atoms with Gasteiger partial charge < -0.3 is 0 Å². The van der Waals surface area contributed by atoms with Gasteiger partial charge in [-0.25, -0.2) is 0 Å². The summed E-state index contributed by atoms with van der Waals surface area (Å²) in [6.07, 6.45) is 3.06. The van der Waals surface area contributed by atoms with Crippen molar-refractivity contribution < 1.29 is 4.79 Å². The number of halogens is 1. The number of carbonyl (C=O) groups excluding carboxylic acids is 1. The number of carbonyl (C=O) groups is 1. The summed E-state index contributed by atoms with van der Waals surface area (Å²) in [6, 6.07) is 8.07. The largest absolute Gasteiger partial charge is 0.276 e. The van der Waals surface area contributed by atoms with Crippen LogP contribution in [0.25, 0.3) is 6.08 Å². The average Bonchev–Trinajstić information content (AvgIpc) is 2.15. The Bertz CT molecular complexity index is 336. The van der Waals surface area contributed by atoms with Crippen LogP contribution >= 0.6 is 11.6 Å². The molecule has 2 heteroatoms. The SMILES string of the molecule is CC(C)c1ccc(/C=C/C(=O)Cl)cc1. The normalized spacial score (nSPS) is 11.1. The van der Waals surface area contributed by atoms with Crippen LogP contribution in [0.2, 0.25) is 0 Å². The van der Waals surface area contributed by atoms with E-state index in [-0.39, 0.29) is 0 Å². The van der Waals surface area contributed by atoms with Gasteiger partial charge in [-0.15, -0.1) is 0 Å². The molecule has 0 saturated carbocycles. The van der Waals surface area contributed by atoms with Crippen LogP contribution in [0, 0.1) is 0 Å². The molecular weight excluding hydrogens is 196 g/mol. The van der Waals surface area contributed by atoms with Crippen molar-refractivity contribution in [1.82, 2.24) is 0 Å². The van der Waals surface area contributed by atoms with E-state index in [0.717, 1.165) is 5.56 Å². The Hall–Kier alpha value is -1.08. The van der Waals surface area contributed by atoms with Crippen molar-refractivity contribution in [3.63, 3.8) is 0 Å². The Balaban J connectivity index is 2.78. The van der Waals surface area contributed by atoms with Gasteiger partial charge in [-0.2, -0.15) is 0 Å². The minimum atomic E-state index is -0.446. The second kappa shape index (κ2) is 4.97. The molecule has 1 rings (SSSR count). The number of rotatable bonds is 3. The molecular formula is C12H13ClO. The summed E-state index contributed by atoms with van der Waals surface area (Å²) in [4.78, 5) is 10.5. The fourth-order valence-electron chi connectivity index (χ4n) is 1.15. The topological polar surface area (TPSA) is 17.1 Å². The highest BCUT2D eigenvalue weighted by Crippen LogP contribution is 2.15. The van der Waals surface area contributed by atoms with E-state index in [2.05, 4.69) is 26.0 Å². The van der Waals surface area contributed by atoms with E-state index in [9.17, 15) is 4.79 Å². The van der Waals surface area contributed by atoms with Gasteiger partial charge in [0.15, 0.2) is 0 Å². The molecule has 0 aliphatic rings. The van der Waals surface area contributed by atoms with Crippen molar-refractivity contribution in [3.8, 4) is 0 Å². The molecule has 0 N–H and O–H groups in total. The Morgan fingerprint density at radius 1 is 1.29 bits per heavy atom. The molecule has 0 amide bonds. The van der Waals surface area contributed by atoms with E-state index in [1.807, 2.05) is 12.1 Å². The maximum atomic E-state index is 10.5. The zero-order valence-corrected chi connectivity index (χ0v) is 9.08. The molecule has 1 aromatic carbocycles. The van der Waals surface area contributed by atoms with Gasteiger partial charge in [-0.1, -0.05) is 44.2 Å². The lowest BCUT2D eigenvalue weighted by molar-refractivity contribution is -0.107. The summed E-state index contributed by atoms with van der Waals surface area (Å²) in [5, 5.41) is -0.446. The van der Waals surface area contributed by atoms with Gasteiger partial charge in [0.2, 0.25) is 5.24 Å². The molecule has 0 radical (unpaired) electrons. The molecule has 0 bridgehead atoms. The number of benzene rings is 1. The summed E-state index contributed by atoms with van der Waals surface area (Å²) < 4.78 is 0. The first-order valence-electron chi connectivity index (χ1n) is 4.57. The lowest BCUT2D eigenvalue weighted by Gasteiger charge is -2.04. The van der Waals surface area contributed by atoms with Crippen LogP contribution in [0.4, 0.5) is 0 Å². The van der Waals surface area contributed by atoms with E-state index in [4.69, 9.17) is 11.6 Å². The van der Waals surface area contributed by atoms with E-state index >= 15 is 0 Å². The highest BCUT2D eigenvalue weighted by molar-refractivity contribution is 6.66. The van der Waals surface area contributed by atoms with E-state index < -0.39 is 5.24 Å². The van der Waals surface area contributed by atoms with Gasteiger partial charge in [-0.3, -0.25) is 4.79 Å². The number of allylic oxidation sites excluding steroid dienone is 1. The van der Waals surface area contributed by atoms with Crippen LogP contribution in [-0.2, 0) is 4.79 Å². The van der Waals surface area contributed by atoms with Crippen molar-refractivity contribution >= 4 is 22.9 Å². The number of hydrogen-bond donors (Lipinski definition) is 0. The third-order valence-electron chi connectivity index (χ3n) is 2.01. The smallest absolute Gasteiger partial charge is 0.245 e. The van der Waals surface area contributed by atoms with Crippen molar-refractivity contribution in [1.29, 1.82) is 0 Å². The third kappa shape index (κ3) is 3.35. The molecule has 0 aromatic heterocycles. The summed E-state index contributed by atoms with van der Waals surface area (Å²) >= 11 is 5.18. The third-order valence-corrected chi connectivity index (χ3v) is 2.14. The Morgan fingerprint density at radius 3 is 2.29 bits per heavy atom. The zero-order valence-electron chi connectivity index (χ0n) is 8.33. The van der Waals surface area contributed by atoms with E-state index in [1.165, 1.54) is 11.6 Å². The van der Waals surface area contributed by atoms with Crippen molar-refractivity contribution in [2.24, 2.45) is 0 Å². The molecule has 0 saturated heterocycles. The standard InChI is InChI=1S/C12H13ClO/c1-9(2)11-6-3-10(4-7-11)5-8-12(13)14/h3-9H,1-2H3/b8-5+. The maximum Gasteiger partial charge on any atom is 0.245 e. The highest BCUT2D eigenvalue weighted by Gasteiger charge is 1.97. The average molecular weight is 209 g/mol. The molecule has 0 heterocycles. The molecule has 0 fully saturated rings. The summed E-state index contributed by atoms with van der Waals surface area (Å²) in [6.45, 7) is 4.29. The second-order valence-corrected chi connectivity index (χ2v) is 3.83. The van der Waals surface area contributed by atoms with Gasteiger partial charge in [0.1, 0.15) is 0 Å². The minimum Gasteiger partial charge on any atom is -0.276 e. The molecule has 0 aliphatic carbocycles. The lowest BCUT2D eigenvalue weighted by Crippen LogP contribution is -1.86. The Morgan fingerprint density at radius 2 is 1.86 bits per heavy atom. The summed E-state index contributed by atoms with van der Waals surface area (Å²) in [7, 11) is 0. The van der Waals surface area contributed by atoms with Crippen LogP contribution < -0.4 is 0 Å². The fourth-order valence-corrected chi connectivity index (χ4v) is 1.22. The first-order chi connectivity index (χ1) is 6.59. The zero-order chi connectivity index (χ0) is 10.6. The minimum absolute atomic E-state index is 0.446. The van der Waals surface area contributed by atoms with Gasteiger partial charge >= 0.3 is 0 Å². The van der Waals surface area contributed by atoms with Crippen molar-refractivity contribution in [2.45, 2.75) is 19.8 Å². The molecule has 0 spiro atoms. The van der Waals surface area contributed by atoms with Crippen LogP contribution in [0.5, 0.6) is 0 Å². The van der Waals surface area contributed by atoms with Crippen molar-refractivity contribution in [3.05, 3.63) is 41.5 Å². The van der Waals surface area contributed by atoms with E-state index in [0.29, 0.717) is 5.92 Å². The van der Waals surface area contributed by atoms with Gasteiger partial charge in [0.25, 0.3) is 0 Å². The van der Waals surface area contributed by atoms with Gasteiger partial charge in [-0.05, 0) is 34.7 Å². The highest BCUT2D eigenvalue weighted by atomic mass is 35.5.